The van der Waals surface area contributed by atoms with Crippen LogP contribution in [0, 0.1) is 5.92 Å². The molecule has 72 valence electrons. The van der Waals surface area contributed by atoms with Gasteiger partial charge in [-0.05, 0) is 32.6 Å². The molecule has 1 nitrogen and oxygen atoms in total. The van der Waals surface area contributed by atoms with Crippen LogP contribution in [-0.2, 0) is 0 Å². The van der Waals surface area contributed by atoms with Crippen LogP contribution in [0.4, 0.5) is 0 Å². The summed E-state index contributed by atoms with van der Waals surface area (Å²) in [7, 11) is 0. The molecule has 0 bridgehead atoms. The summed E-state index contributed by atoms with van der Waals surface area (Å²) < 4.78 is 0. The first-order valence-electron chi connectivity index (χ1n) is 5.01. The van der Waals surface area contributed by atoms with Gasteiger partial charge in [-0.3, -0.25) is 4.90 Å². The van der Waals surface area contributed by atoms with E-state index in [2.05, 4.69) is 38.3 Å². The van der Waals surface area contributed by atoms with Gasteiger partial charge in [-0.15, -0.1) is 0 Å². The highest BCUT2D eigenvalue weighted by atomic mass is 32.1. The molecule has 1 rings (SSSR count). The molecule has 0 saturated heterocycles. The Bertz CT molecular complexity index is 126. The Morgan fingerprint density at radius 2 is 1.92 bits per heavy atom. The van der Waals surface area contributed by atoms with Crippen molar-refractivity contribution in [3.8, 4) is 0 Å². The molecule has 2 heteroatoms. The second-order valence-electron chi connectivity index (χ2n) is 4.34. The minimum atomic E-state index is 0.506. The quantitative estimate of drug-likeness (QED) is 0.647. The third-order valence-corrected chi connectivity index (χ3v) is 2.58. The van der Waals surface area contributed by atoms with Gasteiger partial charge in [0.1, 0.15) is 0 Å². The molecule has 12 heavy (non-hydrogen) atoms. The zero-order valence-corrected chi connectivity index (χ0v) is 9.35. The highest BCUT2D eigenvalue weighted by molar-refractivity contribution is 7.80. The third kappa shape index (κ3) is 3.81. The van der Waals surface area contributed by atoms with Crippen molar-refractivity contribution in [2.75, 3.05) is 13.1 Å². The van der Waals surface area contributed by atoms with E-state index in [-0.39, 0.29) is 0 Å². The normalized spacial score (nSPS) is 20.5. The van der Waals surface area contributed by atoms with Gasteiger partial charge in [0.25, 0.3) is 0 Å². The fourth-order valence-electron chi connectivity index (χ4n) is 1.47. The van der Waals surface area contributed by atoms with E-state index in [1.54, 1.807) is 0 Å². The van der Waals surface area contributed by atoms with Gasteiger partial charge in [0.05, 0.1) is 0 Å². The van der Waals surface area contributed by atoms with Crippen LogP contribution >= 0.6 is 12.6 Å². The van der Waals surface area contributed by atoms with Crippen molar-refractivity contribution < 1.29 is 0 Å². The Morgan fingerprint density at radius 3 is 2.25 bits per heavy atom. The Kier molecular flexibility index (Phi) is 3.91. The molecule has 0 spiro atoms. The molecule has 0 radical (unpaired) electrons. The Morgan fingerprint density at radius 1 is 1.33 bits per heavy atom. The molecule has 0 aromatic heterocycles. The summed E-state index contributed by atoms with van der Waals surface area (Å²) in [5.74, 6) is 1.000. The van der Waals surface area contributed by atoms with Crippen LogP contribution in [0.3, 0.4) is 0 Å². The molecule has 0 aliphatic heterocycles. The van der Waals surface area contributed by atoms with Crippen LogP contribution in [-0.4, -0.2) is 29.3 Å². The van der Waals surface area contributed by atoms with Crippen molar-refractivity contribution >= 4 is 12.6 Å². The lowest BCUT2D eigenvalue weighted by atomic mass is 10.2. The van der Waals surface area contributed by atoms with E-state index in [9.17, 15) is 0 Å². The minimum absolute atomic E-state index is 0.506. The van der Waals surface area contributed by atoms with Crippen molar-refractivity contribution in [2.45, 2.75) is 44.9 Å². The number of rotatable bonds is 5. The molecular weight excluding hydrogens is 166 g/mol. The van der Waals surface area contributed by atoms with Crippen molar-refractivity contribution in [3.63, 3.8) is 0 Å². The van der Waals surface area contributed by atoms with Gasteiger partial charge in [0, 0.05) is 24.4 Å². The molecule has 1 atom stereocenters. The van der Waals surface area contributed by atoms with E-state index in [0.29, 0.717) is 11.3 Å². The first kappa shape index (κ1) is 10.4. The smallest absolute Gasteiger partial charge is 0.0116 e. The predicted molar refractivity (Wildman–Crippen MR) is 57.9 cm³/mol. The molecule has 1 aliphatic rings. The Hall–Kier alpha value is 0.310. The van der Waals surface area contributed by atoms with Gasteiger partial charge < -0.3 is 0 Å². The highest BCUT2D eigenvalue weighted by Gasteiger charge is 2.25. The lowest BCUT2D eigenvalue weighted by Gasteiger charge is -2.27. The summed E-state index contributed by atoms with van der Waals surface area (Å²) in [6.07, 6.45) is 2.90. The van der Waals surface area contributed by atoms with Gasteiger partial charge >= 0.3 is 0 Å². The van der Waals surface area contributed by atoms with Crippen LogP contribution in [0.1, 0.15) is 33.6 Å². The highest BCUT2D eigenvalue weighted by Crippen LogP contribution is 2.30. The third-order valence-electron chi connectivity index (χ3n) is 2.42. The van der Waals surface area contributed by atoms with Gasteiger partial charge in [-0.25, -0.2) is 0 Å². The summed E-state index contributed by atoms with van der Waals surface area (Å²) in [6, 6.07) is 0.681. The summed E-state index contributed by atoms with van der Waals surface area (Å²) in [4.78, 5) is 2.55. The molecule has 0 unspecified atom stereocenters. The lowest BCUT2D eigenvalue weighted by Crippen LogP contribution is -2.36. The Balaban J connectivity index is 2.26. The summed E-state index contributed by atoms with van der Waals surface area (Å²) >= 11 is 4.43. The maximum Gasteiger partial charge on any atom is 0.0116 e. The molecule has 1 fully saturated rings. The van der Waals surface area contributed by atoms with E-state index in [1.807, 2.05) is 0 Å². The maximum atomic E-state index is 4.43. The summed E-state index contributed by atoms with van der Waals surface area (Å²) in [6.45, 7) is 9.16. The number of nitrogens with zero attached hydrogens (tertiary/aromatic N) is 1. The molecular formula is C10H21NS. The standard InChI is InChI=1S/C10H21NS/c1-8(2)11(6-9(3)12)7-10-4-5-10/h8-10,12H,4-7H2,1-3H3/t9-/m0/s1. The number of hydrogen-bond donors (Lipinski definition) is 1. The Labute approximate surface area is 81.9 Å². The average molecular weight is 187 g/mol. The molecule has 0 heterocycles. The average Bonchev–Trinajstić information content (AvgIpc) is 2.68. The SMILES string of the molecule is CC(C)N(CC1CC1)C[C@H](C)S. The predicted octanol–water partition coefficient (Wildman–Crippen LogP) is 2.43. The van der Waals surface area contributed by atoms with Crippen LogP contribution < -0.4 is 0 Å². The monoisotopic (exact) mass is 187 g/mol. The number of hydrogen-bond acceptors (Lipinski definition) is 2. The van der Waals surface area contributed by atoms with Gasteiger partial charge in [0.2, 0.25) is 0 Å². The van der Waals surface area contributed by atoms with Crippen LogP contribution in [0.5, 0.6) is 0 Å². The van der Waals surface area contributed by atoms with Crippen molar-refractivity contribution in [1.82, 2.24) is 4.90 Å². The van der Waals surface area contributed by atoms with E-state index < -0.39 is 0 Å². The first-order chi connectivity index (χ1) is 5.59. The van der Waals surface area contributed by atoms with Gasteiger partial charge in [0.15, 0.2) is 0 Å². The second-order valence-corrected chi connectivity index (χ2v) is 5.22. The largest absolute Gasteiger partial charge is 0.300 e. The van der Waals surface area contributed by atoms with Crippen molar-refractivity contribution in [2.24, 2.45) is 5.92 Å². The van der Waals surface area contributed by atoms with Gasteiger partial charge in [-0.1, -0.05) is 6.92 Å². The fraction of sp³-hybridized carbons (Fsp3) is 1.00. The van der Waals surface area contributed by atoms with Crippen LogP contribution in [0.15, 0.2) is 0 Å². The lowest BCUT2D eigenvalue weighted by molar-refractivity contribution is 0.216. The first-order valence-corrected chi connectivity index (χ1v) is 5.53. The minimum Gasteiger partial charge on any atom is -0.300 e. The van der Waals surface area contributed by atoms with E-state index in [1.165, 1.54) is 19.4 Å². The summed E-state index contributed by atoms with van der Waals surface area (Å²) in [5.41, 5.74) is 0. The molecule has 1 saturated carbocycles. The van der Waals surface area contributed by atoms with Crippen molar-refractivity contribution in [3.05, 3.63) is 0 Å². The zero-order chi connectivity index (χ0) is 9.14. The van der Waals surface area contributed by atoms with Crippen LogP contribution in [0.25, 0.3) is 0 Å². The molecule has 0 aromatic rings. The summed E-state index contributed by atoms with van der Waals surface area (Å²) in [5, 5.41) is 0.506. The van der Waals surface area contributed by atoms with E-state index in [4.69, 9.17) is 0 Å². The second kappa shape index (κ2) is 4.52. The molecule has 1 aliphatic carbocycles. The number of thiol groups is 1. The van der Waals surface area contributed by atoms with E-state index >= 15 is 0 Å². The van der Waals surface area contributed by atoms with Crippen LogP contribution in [0.2, 0.25) is 0 Å². The maximum absolute atomic E-state index is 4.43. The van der Waals surface area contributed by atoms with Gasteiger partial charge in [-0.2, -0.15) is 12.6 Å². The van der Waals surface area contributed by atoms with Crippen molar-refractivity contribution in [1.29, 1.82) is 0 Å². The topological polar surface area (TPSA) is 3.24 Å². The molecule has 0 aromatic carbocycles. The van der Waals surface area contributed by atoms with E-state index in [0.717, 1.165) is 12.5 Å². The molecule has 0 amide bonds. The molecule has 0 N–H and O–H groups in total. The fourth-order valence-corrected chi connectivity index (χ4v) is 1.68. The zero-order valence-electron chi connectivity index (χ0n) is 8.45.